The van der Waals surface area contributed by atoms with Gasteiger partial charge in [-0.2, -0.15) is 43.2 Å². The lowest BCUT2D eigenvalue weighted by Gasteiger charge is -2.17. The zero-order chi connectivity index (χ0) is 21.4. The van der Waals surface area contributed by atoms with Crippen LogP contribution in [0.4, 0.5) is 37.7 Å². The largest absolute Gasteiger partial charge is 0.516 e. The van der Waals surface area contributed by atoms with Gasteiger partial charge in [-0.25, -0.2) is 0 Å². The third-order valence-electron chi connectivity index (χ3n) is 3.24. The van der Waals surface area contributed by atoms with Gasteiger partial charge in [0.15, 0.2) is 0 Å². The van der Waals surface area contributed by atoms with Crippen LogP contribution in [0.15, 0.2) is 48.5 Å². The van der Waals surface area contributed by atoms with Crippen LogP contribution in [0.2, 0.25) is 0 Å². The van der Waals surface area contributed by atoms with E-state index in [-0.39, 0.29) is 11.1 Å². The van der Waals surface area contributed by atoms with Crippen molar-refractivity contribution in [2.45, 2.75) is 11.0 Å². The first-order chi connectivity index (χ1) is 12.7. The molecule has 0 saturated carbocycles. The zero-order valence-corrected chi connectivity index (χ0v) is 15.0. The van der Waals surface area contributed by atoms with E-state index in [1.807, 2.05) is 0 Å². The van der Waals surface area contributed by atoms with E-state index >= 15 is 0 Å². The standard InChI is InChI=1S/C14H10F6N2O4S2/c15-13(16,17)27(23,24)21-11-7-3-1-5-9(11)10-6-2-4-8-12(10)22-28(25,26)14(18,19)20/h1-8,21-22H. The average Bonchev–Trinajstić information content (AvgIpc) is 2.53. The number of sulfonamides is 2. The molecular weight excluding hydrogens is 438 g/mol. The molecule has 2 aromatic rings. The van der Waals surface area contributed by atoms with E-state index in [1.54, 1.807) is 0 Å². The quantitative estimate of drug-likeness (QED) is 0.680. The molecule has 0 fully saturated rings. The highest BCUT2D eigenvalue weighted by Crippen LogP contribution is 2.37. The molecule has 0 aliphatic rings. The Balaban J connectivity index is 2.58. The van der Waals surface area contributed by atoms with Crippen LogP contribution in [0.5, 0.6) is 0 Å². The highest BCUT2D eigenvalue weighted by atomic mass is 32.2. The molecule has 0 aliphatic carbocycles. The minimum Gasteiger partial charge on any atom is -0.275 e. The second-order valence-electron chi connectivity index (χ2n) is 5.19. The van der Waals surface area contributed by atoms with Gasteiger partial charge in [0.1, 0.15) is 0 Å². The summed E-state index contributed by atoms with van der Waals surface area (Å²) >= 11 is 0. The summed E-state index contributed by atoms with van der Waals surface area (Å²) < 4.78 is 124. The Morgan fingerprint density at radius 2 is 0.857 bits per heavy atom. The first-order valence-corrected chi connectivity index (χ1v) is 9.99. The molecule has 0 amide bonds. The van der Waals surface area contributed by atoms with Gasteiger partial charge in [-0.1, -0.05) is 36.4 Å². The first kappa shape index (κ1) is 21.8. The summed E-state index contributed by atoms with van der Waals surface area (Å²) in [4.78, 5) is 0. The fourth-order valence-electron chi connectivity index (χ4n) is 2.02. The van der Waals surface area contributed by atoms with Gasteiger partial charge in [0.25, 0.3) is 0 Å². The third kappa shape index (κ3) is 4.49. The zero-order valence-electron chi connectivity index (χ0n) is 13.3. The summed E-state index contributed by atoms with van der Waals surface area (Å²) in [7, 11) is -11.6. The van der Waals surface area contributed by atoms with Crippen LogP contribution in [0, 0.1) is 0 Å². The number of hydrogen-bond donors (Lipinski definition) is 2. The van der Waals surface area contributed by atoms with Gasteiger partial charge in [-0.15, -0.1) is 0 Å². The summed E-state index contributed by atoms with van der Waals surface area (Å²) in [6, 6.07) is 9.00. The van der Waals surface area contributed by atoms with Crippen molar-refractivity contribution < 1.29 is 43.2 Å². The molecule has 0 aromatic heterocycles. The maximum atomic E-state index is 12.6. The van der Waals surface area contributed by atoms with Crippen molar-refractivity contribution in [2.75, 3.05) is 9.44 Å². The van der Waals surface area contributed by atoms with Crippen LogP contribution in [0.3, 0.4) is 0 Å². The molecule has 154 valence electrons. The highest BCUT2D eigenvalue weighted by Gasteiger charge is 2.47. The minimum atomic E-state index is -5.82. The number of hydrogen-bond acceptors (Lipinski definition) is 4. The lowest BCUT2D eigenvalue weighted by atomic mass is 10.0. The van der Waals surface area contributed by atoms with Gasteiger partial charge in [0, 0.05) is 11.1 Å². The molecule has 0 spiro atoms. The summed E-state index contributed by atoms with van der Waals surface area (Å²) in [6.07, 6.45) is 0. The van der Waals surface area contributed by atoms with Gasteiger partial charge in [0.2, 0.25) is 0 Å². The van der Waals surface area contributed by atoms with Gasteiger partial charge < -0.3 is 0 Å². The molecule has 0 aliphatic heterocycles. The number of nitrogens with one attached hydrogen (secondary N) is 2. The number of rotatable bonds is 5. The predicted molar refractivity (Wildman–Crippen MR) is 89.1 cm³/mol. The van der Waals surface area contributed by atoms with Crippen LogP contribution in [0.1, 0.15) is 0 Å². The van der Waals surface area contributed by atoms with E-state index in [1.165, 1.54) is 33.7 Å². The van der Waals surface area contributed by atoms with E-state index in [9.17, 15) is 43.2 Å². The van der Waals surface area contributed by atoms with Gasteiger partial charge in [-0.05, 0) is 12.1 Å². The highest BCUT2D eigenvalue weighted by molar-refractivity contribution is 7.93. The Hall–Kier alpha value is -2.48. The van der Waals surface area contributed by atoms with Crippen LogP contribution in [-0.4, -0.2) is 27.9 Å². The maximum Gasteiger partial charge on any atom is 0.516 e. The van der Waals surface area contributed by atoms with Crippen molar-refractivity contribution in [3.63, 3.8) is 0 Å². The average molecular weight is 448 g/mol. The minimum absolute atomic E-state index is 0.282. The molecule has 28 heavy (non-hydrogen) atoms. The normalized spacial score (nSPS) is 13.2. The fourth-order valence-corrected chi connectivity index (χ4v) is 3.19. The van der Waals surface area contributed by atoms with Crippen molar-refractivity contribution in [2.24, 2.45) is 0 Å². The summed E-state index contributed by atoms with van der Waals surface area (Å²) in [5.74, 6) is 0. The van der Waals surface area contributed by atoms with E-state index in [0.29, 0.717) is 0 Å². The number of alkyl halides is 6. The van der Waals surface area contributed by atoms with Gasteiger partial charge in [-0.3, -0.25) is 9.44 Å². The van der Waals surface area contributed by atoms with Crippen molar-refractivity contribution in [3.8, 4) is 11.1 Å². The van der Waals surface area contributed by atoms with Crippen molar-refractivity contribution >= 4 is 31.4 Å². The lowest BCUT2D eigenvalue weighted by molar-refractivity contribution is -0.0435. The molecule has 0 bridgehead atoms. The monoisotopic (exact) mass is 448 g/mol. The number of benzene rings is 2. The summed E-state index contributed by atoms with van der Waals surface area (Å²) in [5, 5.41) is 0. The molecule has 2 N–H and O–H groups in total. The second kappa shape index (κ2) is 7.16. The van der Waals surface area contributed by atoms with Crippen LogP contribution < -0.4 is 9.44 Å². The molecule has 0 saturated heterocycles. The smallest absolute Gasteiger partial charge is 0.275 e. The van der Waals surface area contributed by atoms with E-state index in [4.69, 9.17) is 0 Å². The topological polar surface area (TPSA) is 92.3 Å². The Kier molecular flexibility index (Phi) is 5.58. The Morgan fingerprint density at radius 3 is 1.14 bits per heavy atom. The van der Waals surface area contributed by atoms with Crippen molar-refractivity contribution in [3.05, 3.63) is 48.5 Å². The predicted octanol–water partition coefficient (Wildman–Crippen LogP) is 3.88. The number of anilines is 2. The summed E-state index contributed by atoms with van der Waals surface area (Å²) in [5.41, 5.74) is -13.1. The van der Waals surface area contributed by atoms with Gasteiger partial charge >= 0.3 is 31.1 Å². The SMILES string of the molecule is O=S(=O)(Nc1ccccc1-c1ccccc1NS(=O)(=O)C(F)(F)F)C(F)(F)F. The number of halogens is 6. The molecule has 2 rings (SSSR count). The maximum absolute atomic E-state index is 12.6. The first-order valence-electron chi connectivity index (χ1n) is 7.02. The molecule has 0 atom stereocenters. The van der Waals surface area contributed by atoms with Crippen LogP contribution >= 0.6 is 0 Å². The van der Waals surface area contributed by atoms with Crippen LogP contribution in [0.25, 0.3) is 11.1 Å². The van der Waals surface area contributed by atoms with Crippen molar-refractivity contribution in [1.29, 1.82) is 0 Å². The molecule has 0 heterocycles. The third-order valence-corrected chi connectivity index (χ3v) is 5.44. The van der Waals surface area contributed by atoms with Crippen molar-refractivity contribution in [1.82, 2.24) is 0 Å². The molecular formula is C14H10F6N2O4S2. The van der Waals surface area contributed by atoms with E-state index in [0.717, 1.165) is 24.3 Å². The second-order valence-corrected chi connectivity index (χ2v) is 8.54. The summed E-state index contributed by atoms with van der Waals surface area (Å²) in [6.45, 7) is 0. The van der Waals surface area contributed by atoms with E-state index in [2.05, 4.69) is 0 Å². The Morgan fingerprint density at radius 1 is 0.571 bits per heavy atom. The number of para-hydroxylation sites is 2. The molecule has 6 nitrogen and oxygen atoms in total. The molecule has 0 unspecified atom stereocenters. The molecule has 14 heteroatoms. The van der Waals surface area contributed by atoms with Gasteiger partial charge in [0.05, 0.1) is 11.4 Å². The molecule has 2 aromatic carbocycles. The van der Waals surface area contributed by atoms with E-state index < -0.39 is 42.4 Å². The van der Waals surface area contributed by atoms with Crippen LogP contribution in [-0.2, 0) is 20.0 Å². The Labute approximate surface area is 155 Å². The molecule has 0 radical (unpaired) electrons. The Bertz CT molecular complexity index is 992. The lowest BCUT2D eigenvalue weighted by Crippen LogP contribution is -2.30. The fraction of sp³-hybridized carbons (Fsp3) is 0.143.